The van der Waals surface area contributed by atoms with Crippen molar-refractivity contribution < 1.29 is 4.79 Å². The van der Waals surface area contributed by atoms with Gasteiger partial charge < -0.3 is 4.90 Å². The number of aromatic nitrogens is 2. The number of amides is 1. The quantitative estimate of drug-likeness (QED) is 0.656. The number of hydrogen-bond donors (Lipinski definition) is 0. The standard InChI is InChI=1S/C24H25N3O/c1-15-16(2)26-22-14-18(10-13-21(22)25-15)24(28)27(19-11-12-19)23-9-5-7-17-6-3-4-8-20(17)23/h3-4,6,8,10,13-14,19,23H,5,7,9,11-12H2,1-2H3. The molecule has 2 aliphatic carbocycles. The van der Waals surface area contributed by atoms with E-state index in [2.05, 4.69) is 39.1 Å². The molecule has 0 N–H and O–H groups in total. The summed E-state index contributed by atoms with van der Waals surface area (Å²) in [6, 6.07) is 15.0. The average molecular weight is 371 g/mol. The predicted molar refractivity (Wildman–Crippen MR) is 110 cm³/mol. The summed E-state index contributed by atoms with van der Waals surface area (Å²) in [6.45, 7) is 3.93. The zero-order chi connectivity index (χ0) is 19.3. The van der Waals surface area contributed by atoms with Gasteiger partial charge in [0.2, 0.25) is 0 Å². The second kappa shape index (κ2) is 6.69. The van der Waals surface area contributed by atoms with Crippen molar-refractivity contribution in [2.45, 2.75) is 58.0 Å². The Bertz CT molecular complexity index is 1070. The maximum absolute atomic E-state index is 13.6. The van der Waals surface area contributed by atoms with Crippen LogP contribution in [0.2, 0.25) is 0 Å². The highest BCUT2D eigenvalue weighted by Crippen LogP contribution is 2.41. The monoisotopic (exact) mass is 371 g/mol. The van der Waals surface area contributed by atoms with E-state index >= 15 is 0 Å². The molecular formula is C24H25N3O. The third-order valence-corrected chi connectivity index (χ3v) is 6.17. The van der Waals surface area contributed by atoms with Crippen molar-refractivity contribution in [1.29, 1.82) is 0 Å². The lowest BCUT2D eigenvalue weighted by molar-refractivity contribution is 0.0638. The number of benzene rings is 2. The van der Waals surface area contributed by atoms with Crippen LogP contribution < -0.4 is 0 Å². The molecule has 1 atom stereocenters. The largest absolute Gasteiger partial charge is 0.329 e. The lowest BCUT2D eigenvalue weighted by atomic mass is 9.86. The Morgan fingerprint density at radius 2 is 1.71 bits per heavy atom. The molecule has 1 aromatic heterocycles. The second-order valence-electron chi connectivity index (χ2n) is 8.15. The molecule has 0 saturated heterocycles. The molecule has 2 aliphatic rings. The molecule has 5 rings (SSSR count). The number of hydrogen-bond acceptors (Lipinski definition) is 3. The van der Waals surface area contributed by atoms with Crippen LogP contribution in [0.25, 0.3) is 11.0 Å². The summed E-state index contributed by atoms with van der Waals surface area (Å²) in [5.74, 6) is 0.131. The highest BCUT2D eigenvalue weighted by Gasteiger charge is 2.39. The van der Waals surface area contributed by atoms with Crippen molar-refractivity contribution in [1.82, 2.24) is 14.9 Å². The molecule has 0 spiro atoms. The minimum absolute atomic E-state index is 0.131. The number of nitrogens with zero attached hydrogens (tertiary/aromatic N) is 3. The highest BCUT2D eigenvalue weighted by atomic mass is 16.2. The Morgan fingerprint density at radius 3 is 2.50 bits per heavy atom. The summed E-state index contributed by atoms with van der Waals surface area (Å²) in [7, 11) is 0. The van der Waals surface area contributed by atoms with Crippen LogP contribution in [0.3, 0.4) is 0 Å². The van der Waals surface area contributed by atoms with Crippen molar-refractivity contribution in [2.75, 3.05) is 0 Å². The first-order chi connectivity index (χ1) is 13.6. The van der Waals surface area contributed by atoms with Gasteiger partial charge in [0.15, 0.2) is 0 Å². The van der Waals surface area contributed by atoms with E-state index in [0.717, 1.165) is 60.1 Å². The van der Waals surface area contributed by atoms with Gasteiger partial charge in [0.1, 0.15) is 0 Å². The number of rotatable bonds is 3. The molecule has 0 bridgehead atoms. The molecule has 4 heteroatoms. The number of fused-ring (bicyclic) bond motifs is 2. The molecule has 2 aromatic carbocycles. The van der Waals surface area contributed by atoms with Crippen LogP contribution in [0.4, 0.5) is 0 Å². The molecule has 28 heavy (non-hydrogen) atoms. The summed E-state index contributed by atoms with van der Waals surface area (Å²) in [4.78, 5) is 25.0. The fourth-order valence-corrected chi connectivity index (χ4v) is 4.44. The average Bonchev–Trinajstić information content (AvgIpc) is 3.54. The van der Waals surface area contributed by atoms with Crippen molar-refractivity contribution >= 4 is 16.9 Å². The summed E-state index contributed by atoms with van der Waals surface area (Å²) < 4.78 is 0. The minimum Gasteiger partial charge on any atom is -0.329 e. The lowest BCUT2D eigenvalue weighted by Gasteiger charge is -2.36. The van der Waals surface area contributed by atoms with Crippen LogP contribution in [0.5, 0.6) is 0 Å². The molecule has 142 valence electrons. The molecule has 1 saturated carbocycles. The Kier molecular flexibility index (Phi) is 4.15. The summed E-state index contributed by atoms with van der Waals surface area (Å²) in [5.41, 5.74) is 6.95. The molecule has 0 aliphatic heterocycles. The third kappa shape index (κ3) is 2.97. The fraction of sp³-hybridized carbons (Fsp3) is 0.375. The topological polar surface area (TPSA) is 46.1 Å². The van der Waals surface area contributed by atoms with E-state index in [-0.39, 0.29) is 11.9 Å². The van der Waals surface area contributed by atoms with Crippen LogP contribution in [0.15, 0.2) is 42.5 Å². The molecule has 4 nitrogen and oxygen atoms in total. The van der Waals surface area contributed by atoms with Gasteiger partial charge >= 0.3 is 0 Å². The first-order valence-corrected chi connectivity index (χ1v) is 10.3. The number of aryl methyl sites for hydroxylation is 3. The van der Waals surface area contributed by atoms with Gasteiger partial charge in [-0.2, -0.15) is 0 Å². The van der Waals surface area contributed by atoms with Gasteiger partial charge in [-0.3, -0.25) is 4.79 Å². The Hall–Kier alpha value is -2.75. The molecule has 3 aromatic rings. The van der Waals surface area contributed by atoms with E-state index < -0.39 is 0 Å². The van der Waals surface area contributed by atoms with Gasteiger partial charge in [-0.1, -0.05) is 24.3 Å². The van der Waals surface area contributed by atoms with Crippen LogP contribution in [0.1, 0.15) is 64.6 Å². The summed E-state index contributed by atoms with van der Waals surface area (Å²) in [5, 5.41) is 0. The van der Waals surface area contributed by atoms with Crippen molar-refractivity contribution in [3.63, 3.8) is 0 Å². The van der Waals surface area contributed by atoms with Crippen molar-refractivity contribution in [2.24, 2.45) is 0 Å². The first-order valence-electron chi connectivity index (χ1n) is 10.3. The van der Waals surface area contributed by atoms with Crippen LogP contribution in [-0.4, -0.2) is 26.8 Å². The van der Waals surface area contributed by atoms with Gasteiger partial charge in [-0.15, -0.1) is 0 Å². The molecule has 1 fully saturated rings. The smallest absolute Gasteiger partial charge is 0.254 e. The SMILES string of the molecule is Cc1nc2ccc(C(=O)N(C3CC3)C3CCCc4ccccc43)cc2nc1C. The van der Waals surface area contributed by atoms with E-state index in [4.69, 9.17) is 0 Å². The van der Waals surface area contributed by atoms with E-state index in [9.17, 15) is 4.79 Å². The van der Waals surface area contributed by atoms with Crippen molar-refractivity contribution in [3.8, 4) is 0 Å². The lowest BCUT2D eigenvalue weighted by Crippen LogP contribution is -2.38. The maximum Gasteiger partial charge on any atom is 0.254 e. The van der Waals surface area contributed by atoms with Crippen LogP contribution >= 0.6 is 0 Å². The van der Waals surface area contributed by atoms with Gasteiger partial charge in [-0.05, 0) is 75.3 Å². The molecule has 1 unspecified atom stereocenters. The van der Waals surface area contributed by atoms with Gasteiger partial charge in [0.05, 0.1) is 28.5 Å². The third-order valence-electron chi connectivity index (χ3n) is 6.17. The highest BCUT2D eigenvalue weighted by molar-refractivity contribution is 5.98. The number of carbonyl (C=O) groups is 1. The van der Waals surface area contributed by atoms with Gasteiger partial charge in [-0.25, -0.2) is 9.97 Å². The Morgan fingerprint density at radius 1 is 0.964 bits per heavy atom. The van der Waals surface area contributed by atoms with E-state index in [1.165, 1.54) is 11.1 Å². The van der Waals surface area contributed by atoms with Crippen molar-refractivity contribution in [3.05, 3.63) is 70.5 Å². The Balaban J connectivity index is 1.54. The van der Waals surface area contributed by atoms with Crippen LogP contribution in [0, 0.1) is 13.8 Å². The van der Waals surface area contributed by atoms with Crippen LogP contribution in [-0.2, 0) is 6.42 Å². The van der Waals surface area contributed by atoms with Gasteiger partial charge in [0, 0.05) is 11.6 Å². The fourth-order valence-electron chi connectivity index (χ4n) is 4.44. The number of carbonyl (C=O) groups excluding carboxylic acids is 1. The van der Waals surface area contributed by atoms with E-state index in [0.29, 0.717) is 6.04 Å². The summed E-state index contributed by atoms with van der Waals surface area (Å²) >= 11 is 0. The zero-order valence-corrected chi connectivity index (χ0v) is 16.5. The molecule has 0 radical (unpaired) electrons. The minimum atomic E-state index is 0.131. The predicted octanol–water partition coefficient (Wildman–Crippen LogP) is 4.93. The normalized spacial score (nSPS) is 18.7. The molecule has 1 amide bonds. The maximum atomic E-state index is 13.6. The zero-order valence-electron chi connectivity index (χ0n) is 16.5. The molecule has 1 heterocycles. The van der Waals surface area contributed by atoms with E-state index in [1.54, 1.807) is 0 Å². The van der Waals surface area contributed by atoms with E-state index in [1.807, 2.05) is 32.0 Å². The molecular weight excluding hydrogens is 346 g/mol. The first kappa shape index (κ1) is 17.4. The van der Waals surface area contributed by atoms with Gasteiger partial charge in [0.25, 0.3) is 5.91 Å². The second-order valence-corrected chi connectivity index (χ2v) is 8.15. The summed E-state index contributed by atoms with van der Waals surface area (Å²) in [6.07, 6.45) is 5.51. The Labute approximate surface area is 165 Å².